The lowest BCUT2D eigenvalue weighted by atomic mass is 10.1. The fourth-order valence-corrected chi connectivity index (χ4v) is 2.41. The van der Waals surface area contributed by atoms with Crippen LogP contribution < -0.4 is 0 Å². The van der Waals surface area contributed by atoms with Gasteiger partial charge in [-0.15, -0.1) is 0 Å². The molecule has 0 atom stereocenters. The molecule has 2 rings (SSSR count). The Morgan fingerprint density at radius 3 is 1.36 bits per heavy atom. The van der Waals surface area contributed by atoms with E-state index in [-0.39, 0.29) is 0 Å². The fourth-order valence-electron chi connectivity index (χ4n) is 2.41. The van der Waals surface area contributed by atoms with Gasteiger partial charge >= 0.3 is 0 Å². The molecule has 0 spiro atoms. The SMILES string of the molecule is N=C(N1CCCCC1)N1CCCCC1. The lowest BCUT2D eigenvalue weighted by molar-refractivity contribution is 0.255. The monoisotopic (exact) mass is 195 g/mol. The van der Waals surface area contributed by atoms with Gasteiger partial charge in [0, 0.05) is 26.2 Å². The minimum absolute atomic E-state index is 0.796. The Morgan fingerprint density at radius 1 is 0.643 bits per heavy atom. The molecule has 2 fully saturated rings. The van der Waals surface area contributed by atoms with Gasteiger partial charge in [-0.25, -0.2) is 0 Å². The van der Waals surface area contributed by atoms with Gasteiger partial charge in [-0.1, -0.05) is 0 Å². The van der Waals surface area contributed by atoms with E-state index in [9.17, 15) is 0 Å². The van der Waals surface area contributed by atoms with Crippen LogP contribution in [0.15, 0.2) is 0 Å². The van der Waals surface area contributed by atoms with E-state index in [0.29, 0.717) is 0 Å². The van der Waals surface area contributed by atoms with Gasteiger partial charge < -0.3 is 9.80 Å². The molecule has 0 radical (unpaired) electrons. The van der Waals surface area contributed by atoms with Crippen molar-refractivity contribution < 1.29 is 0 Å². The highest BCUT2D eigenvalue weighted by molar-refractivity contribution is 5.77. The Labute approximate surface area is 86.6 Å². The van der Waals surface area contributed by atoms with E-state index in [0.717, 1.165) is 32.1 Å². The zero-order valence-corrected chi connectivity index (χ0v) is 8.97. The quantitative estimate of drug-likeness (QED) is 0.472. The van der Waals surface area contributed by atoms with Crippen molar-refractivity contribution in [2.24, 2.45) is 0 Å². The maximum atomic E-state index is 8.13. The lowest BCUT2D eigenvalue weighted by Crippen LogP contribution is -2.47. The molecule has 2 saturated heterocycles. The molecule has 3 nitrogen and oxygen atoms in total. The van der Waals surface area contributed by atoms with Crippen molar-refractivity contribution in [3.05, 3.63) is 0 Å². The highest BCUT2D eigenvalue weighted by atomic mass is 15.4. The molecule has 2 aliphatic heterocycles. The molecule has 2 heterocycles. The third kappa shape index (κ3) is 2.20. The van der Waals surface area contributed by atoms with Gasteiger partial charge in [-0.3, -0.25) is 5.41 Å². The number of hydrogen-bond acceptors (Lipinski definition) is 1. The summed E-state index contributed by atoms with van der Waals surface area (Å²) in [7, 11) is 0. The van der Waals surface area contributed by atoms with E-state index in [2.05, 4.69) is 9.80 Å². The molecule has 0 aromatic rings. The average molecular weight is 195 g/mol. The van der Waals surface area contributed by atoms with Crippen LogP contribution in [0.5, 0.6) is 0 Å². The Morgan fingerprint density at radius 2 is 1.00 bits per heavy atom. The van der Waals surface area contributed by atoms with Gasteiger partial charge in [0.15, 0.2) is 5.96 Å². The molecule has 0 aromatic carbocycles. The molecule has 0 aliphatic carbocycles. The van der Waals surface area contributed by atoms with E-state index >= 15 is 0 Å². The zero-order valence-electron chi connectivity index (χ0n) is 8.97. The molecule has 2 aliphatic rings. The lowest BCUT2D eigenvalue weighted by Gasteiger charge is -2.37. The molecule has 0 bridgehead atoms. The number of hydrogen-bond donors (Lipinski definition) is 1. The van der Waals surface area contributed by atoms with Gasteiger partial charge in [0.25, 0.3) is 0 Å². The first kappa shape index (κ1) is 9.81. The van der Waals surface area contributed by atoms with Crippen molar-refractivity contribution >= 4 is 5.96 Å². The zero-order chi connectivity index (χ0) is 9.80. The molecular weight excluding hydrogens is 174 g/mol. The normalized spacial score (nSPS) is 23.7. The number of guanidine groups is 1. The first-order valence-corrected chi connectivity index (χ1v) is 5.96. The van der Waals surface area contributed by atoms with Crippen molar-refractivity contribution in [3.8, 4) is 0 Å². The van der Waals surface area contributed by atoms with Crippen LogP contribution in [-0.2, 0) is 0 Å². The number of nitrogens with zero attached hydrogens (tertiary/aromatic N) is 2. The van der Waals surface area contributed by atoms with Crippen molar-refractivity contribution in [2.45, 2.75) is 38.5 Å². The van der Waals surface area contributed by atoms with Gasteiger partial charge in [-0.05, 0) is 38.5 Å². The molecule has 0 aromatic heterocycles. The van der Waals surface area contributed by atoms with E-state index in [1.807, 2.05) is 0 Å². The van der Waals surface area contributed by atoms with Crippen LogP contribution in [-0.4, -0.2) is 41.9 Å². The summed E-state index contributed by atoms with van der Waals surface area (Å²) in [4.78, 5) is 4.52. The van der Waals surface area contributed by atoms with Crippen LogP contribution in [0.25, 0.3) is 0 Å². The van der Waals surface area contributed by atoms with Crippen molar-refractivity contribution in [1.82, 2.24) is 9.80 Å². The van der Waals surface area contributed by atoms with Crippen molar-refractivity contribution in [2.75, 3.05) is 26.2 Å². The van der Waals surface area contributed by atoms with Crippen LogP contribution in [0, 0.1) is 5.41 Å². The number of likely N-dealkylation sites (tertiary alicyclic amines) is 2. The predicted octanol–water partition coefficient (Wildman–Crippen LogP) is 1.89. The minimum Gasteiger partial charge on any atom is -0.343 e. The topological polar surface area (TPSA) is 30.3 Å². The molecule has 0 saturated carbocycles. The number of nitrogens with one attached hydrogen (secondary N) is 1. The summed E-state index contributed by atoms with van der Waals surface area (Å²) in [6, 6.07) is 0. The summed E-state index contributed by atoms with van der Waals surface area (Å²) in [5.74, 6) is 0.796. The van der Waals surface area contributed by atoms with Crippen molar-refractivity contribution in [3.63, 3.8) is 0 Å². The average Bonchev–Trinajstić information content (AvgIpc) is 2.30. The number of rotatable bonds is 0. The van der Waals surface area contributed by atoms with Crippen molar-refractivity contribution in [1.29, 1.82) is 5.41 Å². The summed E-state index contributed by atoms with van der Waals surface area (Å²) < 4.78 is 0. The van der Waals surface area contributed by atoms with Gasteiger partial charge in [0.2, 0.25) is 0 Å². The second-order valence-electron chi connectivity index (χ2n) is 4.42. The van der Waals surface area contributed by atoms with E-state index in [1.54, 1.807) is 0 Å². The molecule has 3 heteroatoms. The highest BCUT2D eigenvalue weighted by Crippen LogP contribution is 2.14. The summed E-state index contributed by atoms with van der Waals surface area (Å²) in [6.07, 6.45) is 7.80. The van der Waals surface area contributed by atoms with Gasteiger partial charge in [0.05, 0.1) is 0 Å². The van der Waals surface area contributed by atoms with E-state index in [1.165, 1.54) is 38.5 Å². The van der Waals surface area contributed by atoms with Crippen LogP contribution in [0.3, 0.4) is 0 Å². The molecular formula is C11H21N3. The third-order valence-electron chi connectivity index (χ3n) is 3.31. The maximum Gasteiger partial charge on any atom is 0.193 e. The third-order valence-corrected chi connectivity index (χ3v) is 3.31. The van der Waals surface area contributed by atoms with Crippen LogP contribution >= 0.6 is 0 Å². The maximum absolute atomic E-state index is 8.13. The summed E-state index contributed by atoms with van der Waals surface area (Å²) in [5.41, 5.74) is 0. The molecule has 14 heavy (non-hydrogen) atoms. The standard InChI is InChI=1S/C11H21N3/c12-11(13-7-3-1-4-8-13)14-9-5-2-6-10-14/h12H,1-10H2. The summed E-state index contributed by atoms with van der Waals surface area (Å²) in [6.45, 7) is 4.43. The largest absolute Gasteiger partial charge is 0.343 e. The van der Waals surface area contributed by atoms with Crippen LogP contribution in [0.2, 0.25) is 0 Å². The highest BCUT2D eigenvalue weighted by Gasteiger charge is 2.20. The Kier molecular flexibility index (Phi) is 3.27. The summed E-state index contributed by atoms with van der Waals surface area (Å²) >= 11 is 0. The fraction of sp³-hybridized carbons (Fsp3) is 0.909. The second kappa shape index (κ2) is 4.67. The smallest absolute Gasteiger partial charge is 0.193 e. The first-order valence-electron chi connectivity index (χ1n) is 5.96. The van der Waals surface area contributed by atoms with Crippen LogP contribution in [0.1, 0.15) is 38.5 Å². The van der Waals surface area contributed by atoms with Gasteiger partial charge in [0.1, 0.15) is 0 Å². The Bertz CT molecular complexity index is 171. The minimum atomic E-state index is 0.796. The predicted molar refractivity (Wildman–Crippen MR) is 58.6 cm³/mol. The Balaban J connectivity index is 1.85. The van der Waals surface area contributed by atoms with Crippen LogP contribution in [0.4, 0.5) is 0 Å². The van der Waals surface area contributed by atoms with Gasteiger partial charge in [-0.2, -0.15) is 0 Å². The first-order chi connectivity index (χ1) is 6.88. The van der Waals surface area contributed by atoms with E-state index in [4.69, 9.17) is 5.41 Å². The Hall–Kier alpha value is -0.730. The second-order valence-corrected chi connectivity index (χ2v) is 4.42. The summed E-state index contributed by atoms with van der Waals surface area (Å²) in [5, 5.41) is 8.13. The molecule has 0 amide bonds. The van der Waals surface area contributed by atoms with E-state index < -0.39 is 0 Å². The number of piperidine rings is 2. The molecule has 1 N–H and O–H groups in total. The molecule has 0 unspecified atom stereocenters. The molecule has 80 valence electrons.